The number of benzene rings is 2. The second-order valence-corrected chi connectivity index (χ2v) is 7.75. The number of likely N-dealkylation sites (tertiary alicyclic amines) is 1. The molecule has 4 nitrogen and oxygen atoms in total. The molecule has 2 heterocycles. The van der Waals surface area contributed by atoms with Gasteiger partial charge in [0.05, 0.1) is 23.8 Å². The molecule has 1 aliphatic rings. The van der Waals surface area contributed by atoms with Crippen molar-refractivity contribution in [1.82, 2.24) is 14.5 Å². The van der Waals surface area contributed by atoms with Crippen LogP contribution in [0.15, 0.2) is 54.5 Å². The Hall–Kier alpha value is -3.35. The fourth-order valence-electron chi connectivity index (χ4n) is 3.92. The van der Waals surface area contributed by atoms with Gasteiger partial charge in [0.2, 0.25) is 5.91 Å². The molecular weight excluding hydrogens is 403 g/mol. The third kappa shape index (κ3) is 4.26. The fourth-order valence-corrected chi connectivity index (χ4v) is 3.92. The summed E-state index contributed by atoms with van der Waals surface area (Å²) >= 11 is 0. The van der Waals surface area contributed by atoms with Crippen LogP contribution >= 0.6 is 0 Å². The summed E-state index contributed by atoms with van der Waals surface area (Å²) in [5.41, 5.74) is 2.53. The Labute approximate surface area is 178 Å². The van der Waals surface area contributed by atoms with E-state index in [0.29, 0.717) is 36.2 Å². The van der Waals surface area contributed by atoms with Gasteiger partial charge in [-0.25, -0.2) is 18.2 Å². The standard InChI is InChI=1S/C24H22F3N3O/c1-15-13-29(14-28-15)23-8-5-17(11-22(23)27)10-18-4-3-9-30(24(18)31)16(2)20-7-6-19(25)12-21(20)26/h5-8,10-14,16H,3-4,9H2,1-2H3/t16-/m1/s1. The summed E-state index contributed by atoms with van der Waals surface area (Å²) in [5.74, 6) is -1.98. The molecule has 3 aromatic rings. The second-order valence-electron chi connectivity index (χ2n) is 7.75. The van der Waals surface area contributed by atoms with E-state index in [1.807, 2.05) is 6.92 Å². The molecule has 1 aliphatic heterocycles. The number of hydrogen-bond acceptors (Lipinski definition) is 2. The number of hydrogen-bond donors (Lipinski definition) is 0. The van der Waals surface area contributed by atoms with Gasteiger partial charge in [-0.05, 0) is 56.5 Å². The third-order valence-electron chi connectivity index (χ3n) is 5.56. The van der Waals surface area contributed by atoms with Gasteiger partial charge in [0.1, 0.15) is 17.5 Å². The molecule has 0 saturated carbocycles. The molecule has 0 bridgehead atoms. The molecule has 1 fully saturated rings. The average molecular weight is 425 g/mol. The first-order valence-electron chi connectivity index (χ1n) is 10.1. The Bertz CT molecular complexity index is 1170. The van der Waals surface area contributed by atoms with Crippen LogP contribution in [0.5, 0.6) is 0 Å². The van der Waals surface area contributed by atoms with Crippen molar-refractivity contribution < 1.29 is 18.0 Å². The number of piperidine rings is 1. The number of aryl methyl sites for hydroxylation is 1. The fraction of sp³-hybridized carbons (Fsp3) is 0.250. The molecule has 2 aromatic carbocycles. The molecule has 31 heavy (non-hydrogen) atoms. The van der Waals surface area contributed by atoms with Gasteiger partial charge in [0.15, 0.2) is 0 Å². The van der Waals surface area contributed by atoms with Crippen LogP contribution < -0.4 is 0 Å². The summed E-state index contributed by atoms with van der Waals surface area (Å²) in [6, 6.07) is 7.61. The Morgan fingerprint density at radius 3 is 2.58 bits per heavy atom. The molecule has 0 aliphatic carbocycles. The average Bonchev–Trinajstić information content (AvgIpc) is 3.15. The molecular formula is C24H22F3N3O. The predicted octanol–water partition coefficient (Wildman–Crippen LogP) is 5.37. The Balaban J connectivity index is 1.58. The molecule has 0 unspecified atom stereocenters. The van der Waals surface area contributed by atoms with Crippen molar-refractivity contribution >= 4 is 12.0 Å². The van der Waals surface area contributed by atoms with Crippen LogP contribution in [0.1, 0.15) is 42.6 Å². The normalized spacial score (nSPS) is 16.7. The van der Waals surface area contributed by atoms with Crippen molar-refractivity contribution in [2.45, 2.75) is 32.7 Å². The highest BCUT2D eigenvalue weighted by molar-refractivity contribution is 5.98. The lowest BCUT2D eigenvalue weighted by molar-refractivity contribution is -0.130. The molecule has 1 aromatic heterocycles. The summed E-state index contributed by atoms with van der Waals surface area (Å²) in [6.07, 6.45) is 6.21. The molecule has 7 heteroatoms. The van der Waals surface area contributed by atoms with Crippen LogP contribution in [0.3, 0.4) is 0 Å². The smallest absolute Gasteiger partial charge is 0.250 e. The molecule has 1 saturated heterocycles. The lowest BCUT2D eigenvalue weighted by Crippen LogP contribution is -2.39. The van der Waals surface area contributed by atoms with E-state index in [1.54, 1.807) is 47.1 Å². The SMILES string of the molecule is Cc1cn(-c2ccc(C=C3CCCN([C@H](C)c4ccc(F)cc4F)C3=O)cc2F)cn1. The molecule has 0 radical (unpaired) electrons. The van der Waals surface area contributed by atoms with E-state index in [-0.39, 0.29) is 11.5 Å². The van der Waals surface area contributed by atoms with E-state index in [4.69, 9.17) is 0 Å². The monoisotopic (exact) mass is 425 g/mol. The summed E-state index contributed by atoms with van der Waals surface area (Å²) in [6.45, 7) is 4.02. The summed E-state index contributed by atoms with van der Waals surface area (Å²) < 4.78 is 43.7. The van der Waals surface area contributed by atoms with E-state index in [0.717, 1.165) is 11.8 Å². The van der Waals surface area contributed by atoms with Gasteiger partial charge >= 0.3 is 0 Å². The first-order chi connectivity index (χ1) is 14.8. The minimum Gasteiger partial charge on any atom is -0.332 e. The van der Waals surface area contributed by atoms with E-state index < -0.39 is 23.5 Å². The third-order valence-corrected chi connectivity index (χ3v) is 5.56. The van der Waals surface area contributed by atoms with Crippen LogP contribution in [-0.4, -0.2) is 26.9 Å². The molecule has 160 valence electrons. The largest absolute Gasteiger partial charge is 0.332 e. The number of amides is 1. The van der Waals surface area contributed by atoms with Crippen LogP contribution in [0, 0.1) is 24.4 Å². The van der Waals surface area contributed by atoms with E-state index >= 15 is 0 Å². The molecule has 0 N–H and O–H groups in total. The van der Waals surface area contributed by atoms with Crippen molar-refractivity contribution in [1.29, 1.82) is 0 Å². The van der Waals surface area contributed by atoms with Crippen molar-refractivity contribution in [3.05, 3.63) is 88.8 Å². The van der Waals surface area contributed by atoms with E-state index in [2.05, 4.69) is 4.98 Å². The predicted molar refractivity (Wildman–Crippen MR) is 112 cm³/mol. The summed E-state index contributed by atoms with van der Waals surface area (Å²) in [7, 11) is 0. The van der Waals surface area contributed by atoms with Gasteiger partial charge in [-0.2, -0.15) is 0 Å². The highest BCUT2D eigenvalue weighted by Crippen LogP contribution is 2.30. The Morgan fingerprint density at radius 1 is 1.10 bits per heavy atom. The number of carbonyl (C=O) groups excluding carboxylic acids is 1. The molecule has 1 atom stereocenters. The van der Waals surface area contributed by atoms with Crippen LogP contribution in [-0.2, 0) is 4.79 Å². The van der Waals surface area contributed by atoms with Gasteiger partial charge in [0, 0.05) is 29.9 Å². The van der Waals surface area contributed by atoms with E-state index in [1.165, 1.54) is 18.2 Å². The maximum Gasteiger partial charge on any atom is 0.250 e. The molecule has 4 rings (SSSR count). The molecule has 1 amide bonds. The highest BCUT2D eigenvalue weighted by atomic mass is 19.1. The second kappa shape index (κ2) is 8.41. The first kappa shape index (κ1) is 20.9. The summed E-state index contributed by atoms with van der Waals surface area (Å²) in [5, 5.41) is 0. The minimum atomic E-state index is -0.677. The Kier molecular flexibility index (Phi) is 5.67. The van der Waals surface area contributed by atoms with Crippen molar-refractivity contribution in [3.63, 3.8) is 0 Å². The zero-order valence-electron chi connectivity index (χ0n) is 17.3. The number of rotatable bonds is 4. The first-order valence-corrected chi connectivity index (χ1v) is 10.1. The van der Waals surface area contributed by atoms with Crippen LogP contribution in [0.4, 0.5) is 13.2 Å². The molecule has 0 spiro atoms. The highest BCUT2D eigenvalue weighted by Gasteiger charge is 2.29. The van der Waals surface area contributed by atoms with Gasteiger partial charge < -0.3 is 9.47 Å². The lowest BCUT2D eigenvalue weighted by Gasteiger charge is -2.34. The summed E-state index contributed by atoms with van der Waals surface area (Å²) in [4.78, 5) is 18.7. The Morgan fingerprint density at radius 2 is 1.90 bits per heavy atom. The zero-order chi connectivity index (χ0) is 22.1. The number of aromatic nitrogens is 2. The van der Waals surface area contributed by atoms with Gasteiger partial charge in [-0.1, -0.05) is 12.1 Å². The van der Waals surface area contributed by atoms with E-state index in [9.17, 15) is 18.0 Å². The maximum atomic E-state index is 14.7. The maximum absolute atomic E-state index is 14.7. The van der Waals surface area contributed by atoms with Crippen LogP contribution in [0.2, 0.25) is 0 Å². The quantitative estimate of drug-likeness (QED) is 0.528. The lowest BCUT2D eigenvalue weighted by atomic mass is 9.97. The number of nitrogens with zero attached hydrogens (tertiary/aromatic N) is 3. The number of imidazole rings is 1. The number of carbonyl (C=O) groups is 1. The topological polar surface area (TPSA) is 38.1 Å². The van der Waals surface area contributed by atoms with Crippen molar-refractivity contribution in [2.75, 3.05) is 6.54 Å². The van der Waals surface area contributed by atoms with Gasteiger partial charge in [-0.15, -0.1) is 0 Å². The van der Waals surface area contributed by atoms with Gasteiger partial charge in [-0.3, -0.25) is 4.79 Å². The minimum absolute atomic E-state index is 0.225. The van der Waals surface area contributed by atoms with Gasteiger partial charge in [0.25, 0.3) is 0 Å². The zero-order valence-corrected chi connectivity index (χ0v) is 17.3. The van der Waals surface area contributed by atoms with Crippen molar-refractivity contribution in [2.24, 2.45) is 0 Å². The van der Waals surface area contributed by atoms with Crippen LogP contribution in [0.25, 0.3) is 11.8 Å². The van der Waals surface area contributed by atoms with Crippen molar-refractivity contribution in [3.8, 4) is 5.69 Å². The number of halogens is 3.